The van der Waals surface area contributed by atoms with Gasteiger partial charge in [-0.1, -0.05) is 6.07 Å². The van der Waals surface area contributed by atoms with Gasteiger partial charge in [-0.25, -0.2) is 4.98 Å². The van der Waals surface area contributed by atoms with E-state index in [2.05, 4.69) is 39.4 Å². The number of amides is 1. The second-order valence-electron chi connectivity index (χ2n) is 9.44. The first-order chi connectivity index (χ1) is 16.7. The van der Waals surface area contributed by atoms with Crippen LogP contribution in [0.2, 0.25) is 0 Å². The summed E-state index contributed by atoms with van der Waals surface area (Å²) in [6.07, 6.45) is 3.79. The molecule has 3 heterocycles. The quantitative estimate of drug-likeness (QED) is 0.547. The molecule has 3 aromatic rings. The Morgan fingerprint density at radius 3 is 2.49 bits per heavy atom. The Morgan fingerprint density at radius 2 is 1.83 bits per heavy atom. The summed E-state index contributed by atoms with van der Waals surface area (Å²) in [6.45, 7) is 9.73. The first-order valence-electron chi connectivity index (χ1n) is 12.1. The lowest BCUT2D eigenvalue weighted by Gasteiger charge is -2.34. The van der Waals surface area contributed by atoms with E-state index < -0.39 is 0 Å². The van der Waals surface area contributed by atoms with Crippen LogP contribution in [0.3, 0.4) is 0 Å². The Morgan fingerprint density at radius 1 is 1.09 bits per heavy atom. The molecular weight excluding hydrogens is 438 g/mol. The van der Waals surface area contributed by atoms with Crippen molar-refractivity contribution in [2.24, 2.45) is 0 Å². The van der Waals surface area contributed by atoms with E-state index in [4.69, 9.17) is 10.5 Å². The van der Waals surface area contributed by atoms with Crippen LogP contribution in [0.1, 0.15) is 51.3 Å². The van der Waals surface area contributed by atoms with E-state index in [0.717, 1.165) is 70.9 Å². The Hall–Kier alpha value is -3.45. The van der Waals surface area contributed by atoms with Crippen LogP contribution in [0.25, 0.3) is 11.1 Å². The fourth-order valence-electron chi connectivity index (χ4n) is 4.76. The molecule has 1 saturated heterocycles. The highest BCUT2D eigenvalue weighted by Gasteiger charge is 2.23. The van der Waals surface area contributed by atoms with Crippen LogP contribution in [0.15, 0.2) is 36.5 Å². The minimum absolute atomic E-state index is 0.134. The van der Waals surface area contributed by atoms with Crippen LogP contribution in [-0.4, -0.2) is 42.2 Å². The Bertz CT molecular complexity index is 1190. The molecule has 2 aromatic heterocycles. The normalized spacial score (nSPS) is 14.1. The smallest absolute Gasteiger partial charge is 0.251 e. The number of pyridine rings is 2. The molecule has 0 atom stereocenters. The summed E-state index contributed by atoms with van der Waals surface area (Å²) in [5.41, 5.74) is 14.4. The van der Waals surface area contributed by atoms with Crippen LogP contribution < -0.4 is 16.0 Å². The number of nitrogens with zero attached hydrogens (tertiary/aromatic N) is 3. The largest absolute Gasteiger partial charge is 0.383 e. The summed E-state index contributed by atoms with van der Waals surface area (Å²) in [5, 5.41) is 3.08. The average Bonchev–Trinajstić information content (AvgIpc) is 2.84. The molecule has 7 heteroatoms. The van der Waals surface area contributed by atoms with E-state index in [1.165, 1.54) is 0 Å². The van der Waals surface area contributed by atoms with E-state index in [1.807, 2.05) is 52.1 Å². The number of anilines is 2. The number of aryl methyl sites for hydroxylation is 3. The number of nitrogens with two attached hydrogens (primary N) is 1. The highest BCUT2D eigenvalue weighted by Crippen LogP contribution is 2.33. The minimum Gasteiger partial charge on any atom is -0.383 e. The Balaban J connectivity index is 1.69. The van der Waals surface area contributed by atoms with Gasteiger partial charge in [-0.15, -0.1) is 0 Å². The molecule has 0 unspecified atom stereocenters. The zero-order valence-electron chi connectivity index (χ0n) is 21.3. The van der Waals surface area contributed by atoms with Gasteiger partial charge in [-0.2, -0.15) is 0 Å². The number of aromatic nitrogens is 2. The van der Waals surface area contributed by atoms with Crippen LogP contribution in [0, 0.1) is 27.7 Å². The van der Waals surface area contributed by atoms with Crippen molar-refractivity contribution < 1.29 is 9.53 Å². The lowest BCUT2D eigenvalue weighted by molar-refractivity contribution is 0.0854. The van der Waals surface area contributed by atoms with Gasteiger partial charge in [0.05, 0.1) is 0 Å². The molecule has 1 amide bonds. The topological polar surface area (TPSA) is 93.4 Å². The number of rotatable bonds is 6. The highest BCUT2D eigenvalue weighted by atomic mass is 16.5. The predicted octanol–water partition coefficient (Wildman–Crippen LogP) is 4.50. The number of nitrogen functional groups attached to an aromatic ring is 1. The summed E-state index contributed by atoms with van der Waals surface area (Å²) in [5.74, 6) is 0.323. The molecule has 184 valence electrons. The standard InChI is InChI=1S/C28H35N5O2/c1-17-12-19(3)32-27(29)25(17)16-31-28(34)24-13-22(21-7-6-18(2)30-15-21)14-26(20(24)4)33(5)23-8-10-35-11-9-23/h6-7,12-15,23H,8-11,16H2,1-5H3,(H2,29,32)(H,31,34). The van der Waals surface area contributed by atoms with Crippen molar-refractivity contribution in [3.05, 3.63) is 70.2 Å². The van der Waals surface area contributed by atoms with Gasteiger partial charge in [0, 0.05) is 72.8 Å². The maximum absolute atomic E-state index is 13.5. The SMILES string of the molecule is Cc1ccc(-c2cc(C(=O)NCc3c(C)cc(C)nc3N)c(C)c(N(C)C3CCOCC3)c2)cn1. The second-order valence-corrected chi connectivity index (χ2v) is 9.44. The van der Waals surface area contributed by atoms with E-state index in [-0.39, 0.29) is 5.91 Å². The summed E-state index contributed by atoms with van der Waals surface area (Å²) >= 11 is 0. The summed E-state index contributed by atoms with van der Waals surface area (Å²) in [7, 11) is 2.11. The lowest BCUT2D eigenvalue weighted by Crippen LogP contribution is -2.37. The van der Waals surface area contributed by atoms with Crippen molar-refractivity contribution in [3.63, 3.8) is 0 Å². The molecule has 0 spiro atoms. The molecule has 1 aromatic carbocycles. The minimum atomic E-state index is -0.134. The molecule has 0 bridgehead atoms. The maximum Gasteiger partial charge on any atom is 0.251 e. The average molecular weight is 474 g/mol. The molecule has 0 radical (unpaired) electrons. The highest BCUT2D eigenvalue weighted by molar-refractivity contribution is 5.99. The van der Waals surface area contributed by atoms with Gasteiger partial charge in [0.15, 0.2) is 0 Å². The van der Waals surface area contributed by atoms with E-state index >= 15 is 0 Å². The van der Waals surface area contributed by atoms with Gasteiger partial charge in [0.1, 0.15) is 5.82 Å². The lowest BCUT2D eigenvalue weighted by atomic mass is 9.96. The Kier molecular flexibility index (Phi) is 7.36. The molecule has 1 fully saturated rings. The van der Waals surface area contributed by atoms with Crippen LogP contribution in [0.4, 0.5) is 11.5 Å². The third-order valence-electron chi connectivity index (χ3n) is 6.92. The van der Waals surface area contributed by atoms with Crippen molar-refractivity contribution in [1.29, 1.82) is 0 Å². The van der Waals surface area contributed by atoms with E-state index in [9.17, 15) is 4.79 Å². The summed E-state index contributed by atoms with van der Waals surface area (Å²) < 4.78 is 5.57. The molecule has 1 aliphatic rings. The molecule has 7 nitrogen and oxygen atoms in total. The first-order valence-corrected chi connectivity index (χ1v) is 12.1. The number of carbonyl (C=O) groups is 1. The number of nitrogens with one attached hydrogen (secondary N) is 1. The van der Waals surface area contributed by atoms with Crippen molar-refractivity contribution in [2.75, 3.05) is 30.9 Å². The zero-order valence-corrected chi connectivity index (χ0v) is 21.3. The van der Waals surface area contributed by atoms with Gasteiger partial charge >= 0.3 is 0 Å². The van der Waals surface area contributed by atoms with Gasteiger partial charge in [0.25, 0.3) is 5.91 Å². The van der Waals surface area contributed by atoms with E-state index in [1.54, 1.807) is 0 Å². The molecule has 1 aliphatic heterocycles. The number of hydrogen-bond acceptors (Lipinski definition) is 6. The van der Waals surface area contributed by atoms with Crippen LogP contribution >= 0.6 is 0 Å². The van der Waals surface area contributed by atoms with Gasteiger partial charge in [-0.05, 0) is 81.5 Å². The van der Waals surface area contributed by atoms with Crippen molar-refractivity contribution in [3.8, 4) is 11.1 Å². The van der Waals surface area contributed by atoms with Gasteiger partial charge < -0.3 is 20.7 Å². The second kappa shape index (κ2) is 10.4. The van der Waals surface area contributed by atoms with Crippen molar-refractivity contribution in [2.45, 2.75) is 53.1 Å². The molecule has 3 N–H and O–H groups in total. The van der Waals surface area contributed by atoms with Crippen LogP contribution in [-0.2, 0) is 11.3 Å². The molecular formula is C28H35N5O2. The third kappa shape index (κ3) is 5.46. The zero-order chi connectivity index (χ0) is 25.1. The fraction of sp³-hybridized carbons (Fsp3) is 0.393. The van der Waals surface area contributed by atoms with E-state index in [0.29, 0.717) is 24.0 Å². The van der Waals surface area contributed by atoms with Gasteiger partial charge in [-0.3, -0.25) is 9.78 Å². The van der Waals surface area contributed by atoms with Crippen molar-refractivity contribution in [1.82, 2.24) is 15.3 Å². The molecule has 0 aliphatic carbocycles. The number of ether oxygens (including phenoxy) is 1. The number of hydrogen-bond donors (Lipinski definition) is 2. The molecule has 35 heavy (non-hydrogen) atoms. The monoisotopic (exact) mass is 473 g/mol. The van der Waals surface area contributed by atoms with Crippen molar-refractivity contribution >= 4 is 17.4 Å². The maximum atomic E-state index is 13.5. The first kappa shape index (κ1) is 24.7. The molecule has 0 saturated carbocycles. The molecule has 4 rings (SSSR count). The van der Waals surface area contributed by atoms with Crippen LogP contribution in [0.5, 0.6) is 0 Å². The summed E-state index contributed by atoms with van der Waals surface area (Å²) in [4.78, 5) is 24.6. The summed E-state index contributed by atoms with van der Waals surface area (Å²) in [6, 6.07) is 10.5. The van der Waals surface area contributed by atoms with Gasteiger partial charge in [0.2, 0.25) is 0 Å². The number of benzene rings is 1. The predicted molar refractivity (Wildman–Crippen MR) is 141 cm³/mol. The Labute approximate surface area is 207 Å². The number of carbonyl (C=O) groups excluding carboxylic acids is 1. The fourth-order valence-corrected chi connectivity index (χ4v) is 4.76. The third-order valence-corrected chi connectivity index (χ3v) is 6.92.